The van der Waals surface area contributed by atoms with Gasteiger partial charge in [0, 0.05) is 32.2 Å². The largest absolute Gasteiger partial charge is 0.383 e. The SMILES string of the molecule is CCCc1nc(NN)cc(N(CCOC)C(C)CC)n1. The summed E-state index contributed by atoms with van der Waals surface area (Å²) in [6.45, 7) is 7.94. The highest BCUT2D eigenvalue weighted by Gasteiger charge is 2.16. The van der Waals surface area contributed by atoms with Crippen molar-refractivity contribution in [1.29, 1.82) is 0 Å². The van der Waals surface area contributed by atoms with Crippen molar-refractivity contribution in [3.63, 3.8) is 0 Å². The van der Waals surface area contributed by atoms with Crippen molar-refractivity contribution in [3.05, 3.63) is 11.9 Å². The van der Waals surface area contributed by atoms with Crippen LogP contribution >= 0.6 is 0 Å². The second kappa shape index (κ2) is 8.71. The lowest BCUT2D eigenvalue weighted by Crippen LogP contribution is -2.36. The molecule has 0 fully saturated rings. The van der Waals surface area contributed by atoms with Crippen LogP contribution in [0.3, 0.4) is 0 Å². The van der Waals surface area contributed by atoms with Crippen molar-refractivity contribution in [1.82, 2.24) is 9.97 Å². The number of nitrogens with two attached hydrogens (primary N) is 1. The van der Waals surface area contributed by atoms with Crippen molar-refractivity contribution >= 4 is 11.6 Å². The fourth-order valence-corrected chi connectivity index (χ4v) is 2.01. The maximum atomic E-state index is 5.51. The molecule has 0 aliphatic heterocycles. The van der Waals surface area contributed by atoms with Crippen LogP contribution in [0.25, 0.3) is 0 Å². The van der Waals surface area contributed by atoms with E-state index in [1.807, 2.05) is 6.07 Å². The Morgan fingerprint density at radius 3 is 2.70 bits per heavy atom. The van der Waals surface area contributed by atoms with Gasteiger partial charge in [-0.1, -0.05) is 13.8 Å². The molecule has 0 amide bonds. The van der Waals surface area contributed by atoms with E-state index < -0.39 is 0 Å². The molecule has 0 aromatic carbocycles. The Morgan fingerprint density at radius 1 is 1.40 bits per heavy atom. The van der Waals surface area contributed by atoms with E-state index in [1.165, 1.54) is 0 Å². The van der Waals surface area contributed by atoms with Crippen molar-refractivity contribution in [2.75, 3.05) is 30.6 Å². The van der Waals surface area contributed by atoms with Crippen molar-refractivity contribution in [2.45, 2.75) is 46.1 Å². The molecule has 0 bridgehead atoms. The van der Waals surface area contributed by atoms with Crippen LogP contribution in [0.1, 0.15) is 39.4 Å². The molecule has 0 radical (unpaired) electrons. The molecular weight excluding hydrogens is 254 g/mol. The number of nitrogens with zero attached hydrogens (tertiary/aromatic N) is 3. The second-order valence-corrected chi connectivity index (χ2v) is 4.87. The summed E-state index contributed by atoms with van der Waals surface area (Å²) in [5.41, 5.74) is 2.63. The molecule has 6 heteroatoms. The average molecular weight is 281 g/mol. The van der Waals surface area contributed by atoms with Gasteiger partial charge >= 0.3 is 0 Å². The zero-order chi connectivity index (χ0) is 15.0. The van der Waals surface area contributed by atoms with Crippen molar-refractivity contribution in [2.24, 2.45) is 5.84 Å². The van der Waals surface area contributed by atoms with Crippen LogP contribution in [0.15, 0.2) is 6.07 Å². The van der Waals surface area contributed by atoms with E-state index in [9.17, 15) is 0 Å². The minimum absolute atomic E-state index is 0.389. The fourth-order valence-electron chi connectivity index (χ4n) is 2.01. The number of nitrogens with one attached hydrogen (secondary N) is 1. The Labute approximate surface area is 121 Å². The molecular formula is C14H27N5O. The van der Waals surface area contributed by atoms with Gasteiger partial charge in [-0.3, -0.25) is 0 Å². The number of aryl methyl sites for hydroxylation is 1. The highest BCUT2D eigenvalue weighted by atomic mass is 16.5. The summed E-state index contributed by atoms with van der Waals surface area (Å²) in [7, 11) is 1.71. The second-order valence-electron chi connectivity index (χ2n) is 4.87. The van der Waals surface area contributed by atoms with E-state index in [-0.39, 0.29) is 0 Å². The number of ether oxygens (including phenoxy) is 1. The number of hydrazine groups is 1. The summed E-state index contributed by atoms with van der Waals surface area (Å²) >= 11 is 0. The molecule has 0 aliphatic carbocycles. The van der Waals surface area contributed by atoms with Gasteiger partial charge in [-0.2, -0.15) is 0 Å². The van der Waals surface area contributed by atoms with Crippen LogP contribution in [-0.4, -0.2) is 36.3 Å². The third kappa shape index (κ3) is 4.61. The van der Waals surface area contributed by atoms with Gasteiger partial charge in [0.25, 0.3) is 0 Å². The molecule has 1 unspecified atom stereocenters. The summed E-state index contributed by atoms with van der Waals surface area (Å²) in [6, 6.07) is 2.28. The predicted octanol–water partition coefficient (Wildman–Crippen LogP) is 1.97. The van der Waals surface area contributed by atoms with Gasteiger partial charge < -0.3 is 15.1 Å². The van der Waals surface area contributed by atoms with Crippen LogP contribution in [0.5, 0.6) is 0 Å². The fraction of sp³-hybridized carbons (Fsp3) is 0.714. The summed E-state index contributed by atoms with van der Waals surface area (Å²) in [6.07, 6.45) is 2.90. The van der Waals surface area contributed by atoms with Gasteiger partial charge in [-0.05, 0) is 19.8 Å². The van der Waals surface area contributed by atoms with Gasteiger partial charge in [0.05, 0.1) is 6.61 Å². The normalized spacial score (nSPS) is 12.2. The van der Waals surface area contributed by atoms with E-state index in [0.717, 1.165) is 37.4 Å². The number of hydrogen-bond acceptors (Lipinski definition) is 6. The van der Waals surface area contributed by atoms with Gasteiger partial charge in [0.1, 0.15) is 17.5 Å². The first-order chi connectivity index (χ1) is 9.65. The maximum absolute atomic E-state index is 5.51. The number of hydrogen-bond donors (Lipinski definition) is 2. The molecule has 1 aromatic rings. The minimum atomic E-state index is 0.389. The minimum Gasteiger partial charge on any atom is -0.383 e. The molecule has 1 atom stereocenters. The Kier molecular flexibility index (Phi) is 7.25. The average Bonchev–Trinajstić information content (AvgIpc) is 2.47. The molecule has 1 aromatic heterocycles. The van der Waals surface area contributed by atoms with E-state index in [0.29, 0.717) is 18.5 Å². The van der Waals surface area contributed by atoms with Gasteiger partial charge in [-0.15, -0.1) is 0 Å². The molecule has 0 saturated carbocycles. The molecule has 6 nitrogen and oxygen atoms in total. The first-order valence-corrected chi connectivity index (χ1v) is 7.26. The Balaban J connectivity index is 3.06. The lowest BCUT2D eigenvalue weighted by atomic mass is 10.2. The predicted molar refractivity (Wildman–Crippen MR) is 82.8 cm³/mol. The standard InChI is InChI=1S/C14H27N5O/c1-5-7-12-16-13(18-15)10-14(17-12)19(8-9-20-4)11(3)6-2/h10-11H,5-9,15H2,1-4H3,(H,16,17,18). The number of nitrogen functional groups attached to an aromatic ring is 1. The maximum Gasteiger partial charge on any atom is 0.145 e. The van der Waals surface area contributed by atoms with Gasteiger partial charge in [-0.25, -0.2) is 15.8 Å². The molecule has 114 valence electrons. The van der Waals surface area contributed by atoms with Crippen LogP contribution < -0.4 is 16.2 Å². The summed E-state index contributed by atoms with van der Waals surface area (Å²) in [5, 5.41) is 0. The lowest BCUT2D eigenvalue weighted by Gasteiger charge is -2.30. The van der Waals surface area contributed by atoms with E-state index >= 15 is 0 Å². The number of aromatic nitrogens is 2. The first-order valence-electron chi connectivity index (χ1n) is 7.26. The molecule has 0 aliphatic rings. The van der Waals surface area contributed by atoms with E-state index in [1.54, 1.807) is 7.11 Å². The van der Waals surface area contributed by atoms with Crippen molar-refractivity contribution in [3.8, 4) is 0 Å². The molecule has 1 rings (SSSR count). The Hall–Kier alpha value is -1.40. The van der Waals surface area contributed by atoms with E-state index in [2.05, 4.69) is 41.1 Å². The van der Waals surface area contributed by atoms with Crippen molar-refractivity contribution < 1.29 is 4.74 Å². The molecule has 3 N–H and O–H groups in total. The highest BCUT2D eigenvalue weighted by Crippen LogP contribution is 2.19. The Bertz CT molecular complexity index is 399. The van der Waals surface area contributed by atoms with Crippen LogP contribution in [-0.2, 0) is 11.2 Å². The number of methoxy groups -OCH3 is 1. The van der Waals surface area contributed by atoms with E-state index in [4.69, 9.17) is 10.6 Å². The lowest BCUT2D eigenvalue weighted by molar-refractivity contribution is 0.203. The van der Waals surface area contributed by atoms with Crippen LogP contribution in [0.2, 0.25) is 0 Å². The Morgan fingerprint density at radius 2 is 2.15 bits per heavy atom. The summed E-state index contributed by atoms with van der Waals surface area (Å²) in [4.78, 5) is 11.3. The monoisotopic (exact) mass is 281 g/mol. The molecule has 1 heterocycles. The summed E-state index contributed by atoms with van der Waals surface area (Å²) < 4.78 is 5.20. The third-order valence-corrected chi connectivity index (χ3v) is 3.33. The number of rotatable bonds is 9. The van der Waals surface area contributed by atoms with Gasteiger partial charge in [0.2, 0.25) is 0 Å². The zero-order valence-electron chi connectivity index (χ0n) is 13.0. The number of anilines is 2. The highest BCUT2D eigenvalue weighted by molar-refractivity contribution is 5.49. The molecule has 0 spiro atoms. The zero-order valence-corrected chi connectivity index (χ0v) is 13.0. The molecule has 0 saturated heterocycles. The third-order valence-electron chi connectivity index (χ3n) is 3.33. The van der Waals surface area contributed by atoms with Crippen LogP contribution in [0.4, 0.5) is 11.6 Å². The first kappa shape index (κ1) is 16.7. The topological polar surface area (TPSA) is 76.3 Å². The summed E-state index contributed by atoms with van der Waals surface area (Å²) in [5.74, 6) is 7.89. The smallest absolute Gasteiger partial charge is 0.145 e. The van der Waals surface area contributed by atoms with Crippen LogP contribution in [0, 0.1) is 0 Å². The molecule has 20 heavy (non-hydrogen) atoms. The van der Waals surface area contributed by atoms with Gasteiger partial charge in [0.15, 0.2) is 0 Å². The quantitative estimate of drug-likeness (QED) is 0.532.